The Balaban J connectivity index is 2.45. The molecule has 0 heterocycles. The molecule has 2 aromatic rings. The molecule has 0 spiro atoms. The van der Waals surface area contributed by atoms with Crippen molar-refractivity contribution >= 4 is 11.4 Å². The number of hydrogen-bond donors (Lipinski definition) is 2. The number of anilines is 2. The van der Waals surface area contributed by atoms with Crippen LogP contribution in [0.2, 0.25) is 0 Å². The monoisotopic (exact) mass is 267 g/mol. The second-order valence-electron chi connectivity index (χ2n) is 4.16. The summed E-state index contributed by atoms with van der Waals surface area (Å²) in [7, 11) is 0. The van der Waals surface area contributed by atoms with Crippen LogP contribution in [0.4, 0.5) is 24.5 Å². The van der Waals surface area contributed by atoms with E-state index in [1.165, 1.54) is 18.2 Å². The van der Waals surface area contributed by atoms with Gasteiger partial charge in [0.25, 0.3) is 0 Å². The molecule has 0 aromatic heterocycles. The van der Waals surface area contributed by atoms with Crippen molar-refractivity contribution in [3.05, 3.63) is 58.9 Å². The van der Waals surface area contributed by atoms with E-state index in [2.05, 4.69) is 5.32 Å². The Hall–Kier alpha value is -2.01. The van der Waals surface area contributed by atoms with Crippen molar-refractivity contribution < 1.29 is 18.3 Å². The van der Waals surface area contributed by atoms with Crippen molar-refractivity contribution in [2.75, 3.05) is 5.32 Å². The van der Waals surface area contributed by atoms with Crippen LogP contribution in [0.15, 0.2) is 30.3 Å². The maximum atomic E-state index is 13.7. The fourth-order valence-corrected chi connectivity index (χ4v) is 1.71. The number of aliphatic hydroxyl groups is 1. The summed E-state index contributed by atoms with van der Waals surface area (Å²) in [6.45, 7) is 1.24. The lowest BCUT2D eigenvalue weighted by Gasteiger charge is -2.13. The number of benzene rings is 2. The number of aliphatic hydroxyl groups excluding tert-OH is 1. The van der Waals surface area contributed by atoms with Crippen molar-refractivity contribution in [1.29, 1.82) is 0 Å². The summed E-state index contributed by atoms with van der Waals surface area (Å²) in [5.74, 6) is -2.79. The minimum absolute atomic E-state index is 0.0183. The Morgan fingerprint density at radius 2 is 1.79 bits per heavy atom. The summed E-state index contributed by atoms with van der Waals surface area (Å²) in [5, 5.41) is 11.6. The minimum atomic E-state index is -1.15. The molecule has 2 aromatic carbocycles. The summed E-state index contributed by atoms with van der Waals surface area (Å²) in [4.78, 5) is 0. The van der Waals surface area contributed by atoms with Gasteiger partial charge in [0.15, 0.2) is 11.6 Å². The maximum absolute atomic E-state index is 13.7. The summed E-state index contributed by atoms with van der Waals surface area (Å²) >= 11 is 0. The zero-order valence-corrected chi connectivity index (χ0v) is 10.2. The Morgan fingerprint density at radius 3 is 2.42 bits per heavy atom. The van der Waals surface area contributed by atoms with Crippen LogP contribution in [-0.2, 0) is 6.61 Å². The summed E-state index contributed by atoms with van der Waals surface area (Å²) < 4.78 is 40.5. The van der Waals surface area contributed by atoms with Crippen LogP contribution in [0.25, 0.3) is 0 Å². The van der Waals surface area contributed by atoms with E-state index in [9.17, 15) is 13.2 Å². The maximum Gasteiger partial charge on any atom is 0.182 e. The first-order chi connectivity index (χ1) is 9.02. The van der Waals surface area contributed by atoms with E-state index in [-0.39, 0.29) is 16.9 Å². The number of halogens is 3. The number of rotatable bonds is 3. The SMILES string of the molecule is Cc1ccc(Nc2c(CO)ccc(F)c2F)c(F)c1. The summed E-state index contributed by atoms with van der Waals surface area (Å²) in [6.07, 6.45) is 0. The molecule has 0 radical (unpaired) electrons. The molecule has 0 bridgehead atoms. The van der Waals surface area contributed by atoms with Gasteiger partial charge < -0.3 is 10.4 Å². The van der Waals surface area contributed by atoms with Gasteiger partial charge in [-0.1, -0.05) is 12.1 Å². The molecule has 5 heteroatoms. The van der Waals surface area contributed by atoms with E-state index < -0.39 is 24.1 Å². The Morgan fingerprint density at radius 1 is 1.05 bits per heavy atom. The third kappa shape index (κ3) is 2.71. The molecule has 100 valence electrons. The van der Waals surface area contributed by atoms with Gasteiger partial charge in [0.1, 0.15) is 5.82 Å². The predicted octanol–water partition coefficient (Wildman–Crippen LogP) is 3.65. The van der Waals surface area contributed by atoms with Crippen LogP contribution < -0.4 is 5.32 Å². The molecule has 0 aliphatic rings. The molecule has 0 unspecified atom stereocenters. The molecule has 2 nitrogen and oxygen atoms in total. The van der Waals surface area contributed by atoms with E-state index in [4.69, 9.17) is 5.11 Å². The van der Waals surface area contributed by atoms with Crippen molar-refractivity contribution in [2.45, 2.75) is 13.5 Å². The first-order valence-corrected chi connectivity index (χ1v) is 5.64. The van der Waals surface area contributed by atoms with Gasteiger partial charge in [0, 0.05) is 5.56 Å². The van der Waals surface area contributed by atoms with E-state index in [1.54, 1.807) is 13.0 Å². The average molecular weight is 267 g/mol. The van der Waals surface area contributed by atoms with Crippen LogP contribution in [0.5, 0.6) is 0 Å². The Bertz CT molecular complexity index is 614. The molecule has 19 heavy (non-hydrogen) atoms. The number of hydrogen-bond acceptors (Lipinski definition) is 2. The minimum Gasteiger partial charge on any atom is -0.392 e. The van der Waals surface area contributed by atoms with Crippen molar-refractivity contribution in [1.82, 2.24) is 0 Å². The summed E-state index contributed by atoms with van der Waals surface area (Å²) in [5.41, 5.74) is 0.624. The van der Waals surface area contributed by atoms with Crippen molar-refractivity contribution in [2.24, 2.45) is 0 Å². The third-order valence-electron chi connectivity index (χ3n) is 2.74. The molecular formula is C14H12F3NO. The van der Waals surface area contributed by atoms with Crippen LogP contribution >= 0.6 is 0 Å². The molecule has 2 rings (SSSR count). The molecular weight excluding hydrogens is 255 g/mol. The molecule has 0 saturated heterocycles. The lowest BCUT2D eigenvalue weighted by Crippen LogP contribution is -2.03. The third-order valence-corrected chi connectivity index (χ3v) is 2.74. The van der Waals surface area contributed by atoms with Gasteiger partial charge >= 0.3 is 0 Å². The van der Waals surface area contributed by atoms with Crippen molar-refractivity contribution in [3.63, 3.8) is 0 Å². The fourth-order valence-electron chi connectivity index (χ4n) is 1.71. The zero-order valence-electron chi connectivity index (χ0n) is 10.2. The molecule has 0 fully saturated rings. The van der Waals surface area contributed by atoms with Gasteiger partial charge in [0.2, 0.25) is 0 Å². The Kier molecular flexibility index (Phi) is 3.76. The van der Waals surface area contributed by atoms with Gasteiger partial charge in [-0.25, -0.2) is 13.2 Å². The lowest BCUT2D eigenvalue weighted by atomic mass is 10.1. The van der Waals surface area contributed by atoms with E-state index in [0.717, 1.165) is 6.07 Å². The molecule has 2 N–H and O–H groups in total. The van der Waals surface area contributed by atoms with Gasteiger partial charge in [-0.2, -0.15) is 0 Å². The highest BCUT2D eigenvalue weighted by atomic mass is 19.2. The van der Waals surface area contributed by atoms with Crippen LogP contribution in [-0.4, -0.2) is 5.11 Å². The summed E-state index contributed by atoms with van der Waals surface area (Å²) in [6, 6.07) is 6.50. The predicted molar refractivity (Wildman–Crippen MR) is 66.7 cm³/mol. The first-order valence-electron chi connectivity index (χ1n) is 5.64. The fraction of sp³-hybridized carbons (Fsp3) is 0.143. The van der Waals surface area contributed by atoms with Gasteiger partial charge in [-0.15, -0.1) is 0 Å². The standard InChI is InChI=1S/C14H12F3NO/c1-8-2-5-12(11(16)6-8)18-14-9(7-19)3-4-10(15)13(14)17/h2-6,18-19H,7H2,1H3. The molecule has 0 aliphatic heterocycles. The van der Waals surface area contributed by atoms with Gasteiger partial charge in [-0.05, 0) is 30.7 Å². The van der Waals surface area contributed by atoms with Gasteiger partial charge in [-0.3, -0.25) is 0 Å². The molecule has 0 amide bonds. The van der Waals surface area contributed by atoms with Crippen LogP contribution in [0.3, 0.4) is 0 Å². The van der Waals surface area contributed by atoms with Crippen molar-refractivity contribution in [3.8, 4) is 0 Å². The average Bonchev–Trinajstić information content (AvgIpc) is 2.38. The van der Waals surface area contributed by atoms with Gasteiger partial charge in [0.05, 0.1) is 18.0 Å². The Labute approximate surface area is 108 Å². The number of nitrogens with one attached hydrogen (secondary N) is 1. The molecule has 0 saturated carbocycles. The van der Waals surface area contributed by atoms with E-state index in [1.807, 2.05) is 0 Å². The smallest absolute Gasteiger partial charge is 0.182 e. The van der Waals surface area contributed by atoms with Crippen LogP contribution in [0.1, 0.15) is 11.1 Å². The lowest BCUT2D eigenvalue weighted by molar-refractivity contribution is 0.281. The normalized spacial score (nSPS) is 10.6. The molecule has 0 aliphatic carbocycles. The van der Waals surface area contributed by atoms with E-state index >= 15 is 0 Å². The van der Waals surface area contributed by atoms with Crippen LogP contribution in [0, 0.1) is 24.4 Å². The largest absolute Gasteiger partial charge is 0.392 e. The highest BCUT2D eigenvalue weighted by Crippen LogP contribution is 2.28. The first kappa shape index (κ1) is 13.4. The number of aryl methyl sites for hydroxylation is 1. The highest BCUT2D eigenvalue weighted by molar-refractivity contribution is 5.64. The zero-order chi connectivity index (χ0) is 14.0. The topological polar surface area (TPSA) is 32.3 Å². The quantitative estimate of drug-likeness (QED) is 0.889. The highest BCUT2D eigenvalue weighted by Gasteiger charge is 2.14. The second kappa shape index (κ2) is 5.32. The second-order valence-corrected chi connectivity index (χ2v) is 4.16. The molecule has 0 atom stereocenters. The van der Waals surface area contributed by atoms with E-state index in [0.29, 0.717) is 5.56 Å².